The SMILES string of the molecule is CCNC(=NCc1nncn1C)NCC1(CCOC)CCCC1.I. The molecule has 0 unspecified atom stereocenters. The van der Waals surface area contributed by atoms with Crippen LogP contribution in [0, 0.1) is 5.41 Å². The first-order valence-corrected chi connectivity index (χ1v) is 8.53. The maximum absolute atomic E-state index is 5.30. The summed E-state index contributed by atoms with van der Waals surface area (Å²) in [5.74, 6) is 1.70. The maximum Gasteiger partial charge on any atom is 0.191 e. The van der Waals surface area contributed by atoms with Crippen LogP contribution in [0.25, 0.3) is 0 Å². The summed E-state index contributed by atoms with van der Waals surface area (Å²) in [4.78, 5) is 4.63. The van der Waals surface area contributed by atoms with Crippen molar-refractivity contribution < 1.29 is 4.74 Å². The number of ether oxygens (including phenoxy) is 1. The second-order valence-corrected chi connectivity index (χ2v) is 6.36. The first-order valence-electron chi connectivity index (χ1n) is 8.53. The van der Waals surface area contributed by atoms with E-state index in [-0.39, 0.29) is 24.0 Å². The number of nitrogens with one attached hydrogen (secondary N) is 2. The minimum absolute atomic E-state index is 0. The zero-order chi connectivity index (χ0) is 16.5. The summed E-state index contributed by atoms with van der Waals surface area (Å²) in [6.07, 6.45) is 7.98. The lowest BCUT2D eigenvalue weighted by atomic mass is 9.83. The van der Waals surface area contributed by atoms with Crippen molar-refractivity contribution in [1.82, 2.24) is 25.4 Å². The van der Waals surface area contributed by atoms with E-state index in [0.29, 0.717) is 12.0 Å². The van der Waals surface area contributed by atoms with E-state index in [1.807, 2.05) is 11.6 Å². The summed E-state index contributed by atoms with van der Waals surface area (Å²) < 4.78 is 7.19. The van der Waals surface area contributed by atoms with E-state index in [1.54, 1.807) is 13.4 Å². The topological polar surface area (TPSA) is 76.4 Å². The molecule has 0 saturated heterocycles. The summed E-state index contributed by atoms with van der Waals surface area (Å²) in [5, 5.41) is 14.8. The Hall–Kier alpha value is -0.900. The van der Waals surface area contributed by atoms with E-state index < -0.39 is 0 Å². The van der Waals surface area contributed by atoms with E-state index in [2.05, 4.69) is 32.7 Å². The zero-order valence-electron chi connectivity index (χ0n) is 15.0. The number of methoxy groups -OCH3 is 1. The highest BCUT2D eigenvalue weighted by Gasteiger charge is 2.33. The minimum atomic E-state index is 0. The number of rotatable bonds is 8. The van der Waals surface area contributed by atoms with Gasteiger partial charge in [0.05, 0.1) is 0 Å². The second-order valence-electron chi connectivity index (χ2n) is 6.36. The average molecular weight is 450 g/mol. The number of aliphatic imine (C=N–C) groups is 1. The highest BCUT2D eigenvalue weighted by Crippen LogP contribution is 2.40. The normalized spacial score (nSPS) is 16.7. The lowest BCUT2D eigenvalue weighted by Crippen LogP contribution is -2.43. The molecule has 24 heavy (non-hydrogen) atoms. The average Bonchev–Trinajstić information content (AvgIpc) is 3.18. The minimum Gasteiger partial charge on any atom is -0.385 e. The molecule has 0 amide bonds. The van der Waals surface area contributed by atoms with Crippen molar-refractivity contribution in [3.63, 3.8) is 0 Å². The molecule has 1 aliphatic rings. The Morgan fingerprint density at radius 1 is 1.38 bits per heavy atom. The van der Waals surface area contributed by atoms with Crippen LogP contribution in [0.4, 0.5) is 0 Å². The molecular weight excluding hydrogens is 419 g/mol. The zero-order valence-corrected chi connectivity index (χ0v) is 17.4. The van der Waals surface area contributed by atoms with Gasteiger partial charge in [0.2, 0.25) is 0 Å². The summed E-state index contributed by atoms with van der Waals surface area (Å²) in [7, 11) is 3.71. The monoisotopic (exact) mass is 450 g/mol. The fraction of sp³-hybridized carbons (Fsp3) is 0.812. The van der Waals surface area contributed by atoms with E-state index in [4.69, 9.17) is 4.74 Å². The molecule has 0 aliphatic heterocycles. The van der Waals surface area contributed by atoms with Gasteiger partial charge in [-0.05, 0) is 31.6 Å². The Kier molecular flexibility index (Phi) is 9.57. The van der Waals surface area contributed by atoms with Crippen LogP contribution in [0.1, 0.15) is 44.9 Å². The van der Waals surface area contributed by atoms with Crippen molar-refractivity contribution in [3.8, 4) is 0 Å². The van der Waals surface area contributed by atoms with Gasteiger partial charge in [0.25, 0.3) is 0 Å². The first kappa shape index (κ1) is 21.1. The highest BCUT2D eigenvalue weighted by atomic mass is 127. The van der Waals surface area contributed by atoms with E-state index in [1.165, 1.54) is 25.7 Å². The van der Waals surface area contributed by atoms with Gasteiger partial charge < -0.3 is 19.9 Å². The van der Waals surface area contributed by atoms with Gasteiger partial charge in [-0.25, -0.2) is 4.99 Å². The second kappa shape index (κ2) is 10.9. The van der Waals surface area contributed by atoms with Gasteiger partial charge in [-0.15, -0.1) is 34.2 Å². The molecule has 1 saturated carbocycles. The predicted octanol–water partition coefficient (Wildman–Crippen LogP) is 2.09. The Balaban J connectivity index is 0.00000288. The van der Waals surface area contributed by atoms with Crippen molar-refractivity contribution >= 4 is 29.9 Å². The molecule has 7 nitrogen and oxygen atoms in total. The van der Waals surface area contributed by atoms with E-state index in [9.17, 15) is 0 Å². The van der Waals surface area contributed by atoms with Gasteiger partial charge in [0, 0.05) is 33.9 Å². The van der Waals surface area contributed by atoms with Crippen LogP contribution >= 0.6 is 24.0 Å². The van der Waals surface area contributed by atoms with Crippen molar-refractivity contribution in [2.24, 2.45) is 17.5 Å². The lowest BCUT2D eigenvalue weighted by Gasteiger charge is -2.30. The van der Waals surface area contributed by atoms with Gasteiger partial charge in [0.1, 0.15) is 12.9 Å². The highest BCUT2D eigenvalue weighted by molar-refractivity contribution is 14.0. The molecule has 8 heteroatoms. The Morgan fingerprint density at radius 2 is 2.12 bits per heavy atom. The lowest BCUT2D eigenvalue weighted by molar-refractivity contribution is 0.138. The smallest absolute Gasteiger partial charge is 0.191 e. The molecule has 0 aromatic carbocycles. The Morgan fingerprint density at radius 3 is 2.71 bits per heavy atom. The molecule has 0 spiro atoms. The molecule has 2 rings (SSSR count). The van der Waals surface area contributed by atoms with Gasteiger partial charge in [-0.3, -0.25) is 0 Å². The molecule has 138 valence electrons. The van der Waals surface area contributed by atoms with Crippen molar-refractivity contribution in [3.05, 3.63) is 12.2 Å². The largest absolute Gasteiger partial charge is 0.385 e. The maximum atomic E-state index is 5.30. The Bertz CT molecular complexity index is 499. The predicted molar refractivity (Wildman–Crippen MR) is 107 cm³/mol. The fourth-order valence-electron chi connectivity index (χ4n) is 3.17. The number of aryl methyl sites for hydroxylation is 1. The molecule has 0 bridgehead atoms. The summed E-state index contributed by atoms with van der Waals surface area (Å²) in [5.41, 5.74) is 0.344. The van der Waals surface area contributed by atoms with E-state index in [0.717, 1.165) is 37.9 Å². The number of guanidine groups is 1. The molecular formula is C16H31IN6O. The Labute approximate surface area is 162 Å². The van der Waals surface area contributed by atoms with Crippen LogP contribution in [0.5, 0.6) is 0 Å². The van der Waals surface area contributed by atoms with E-state index >= 15 is 0 Å². The number of halogens is 1. The van der Waals surface area contributed by atoms with Crippen LogP contribution in [-0.4, -0.2) is 47.5 Å². The molecule has 0 radical (unpaired) electrons. The van der Waals surface area contributed by atoms with Crippen LogP contribution < -0.4 is 10.6 Å². The van der Waals surface area contributed by atoms with Gasteiger partial charge in [-0.1, -0.05) is 12.8 Å². The third kappa shape index (κ3) is 6.19. The first-order chi connectivity index (χ1) is 11.2. The number of nitrogens with zero attached hydrogens (tertiary/aromatic N) is 4. The summed E-state index contributed by atoms with van der Waals surface area (Å²) >= 11 is 0. The number of aromatic nitrogens is 3. The van der Waals surface area contributed by atoms with Crippen LogP contribution in [0.15, 0.2) is 11.3 Å². The summed E-state index contributed by atoms with van der Waals surface area (Å²) in [6.45, 7) is 5.22. The molecule has 1 heterocycles. The standard InChI is InChI=1S/C16H30N6O.HI/c1-4-17-15(18-11-14-21-20-13-22(14)2)19-12-16(9-10-23-3)7-5-6-8-16;/h13H,4-12H2,1-3H3,(H2,17,18,19);1H. The molecule has 1 fully saturated rings. The third-order valence-corrected chi connectivity index (χ3v) is 4.66. The van der Waals surface area contributed by atoms with Crippen molar-refractivity contribution in [2.45, 2.75) is 45.6 Å². The molecule has 2 N–H and O–H groups in total. The van der Waals surface area contributed by atoms with Gasteiger partial charge in [-0.2, -0.15) is 0 Å². The van der Waals surface area contributed by atoms with Gasteiger partial charge >= 0.3 is 0 Å². The quantitative estimate of drug-likeness (QED) is 0.361. The number of hydrogen-bond donors (Lipinski definition) is 2. The van der Waals surface area contributed by atoms with Crippen LogP contribution in [0.2, 0.25) is 0 Å². The number of hydrogen-bond acceptors (Lipinski definition) is 4. The molecule has 0 atom stereocenters. The van der Waals surface area contributed by atoms with Crippen LogP contribution in [-0.2, 0) is 18.3 Å². The molecule has 1 aromatic rings. The van der Waals surface area contributed by atoms with Crippen molar-refractivity contribution in [2.75, 3.05) is 26.8 Å². The summed E-state index contributed by atoms with van der Waals surface area (Å²) in [6, 6.07) is 0. The van der Waals surface area contributed by atoms with Crippen molar-refractivity contribution in [1.29, 1.82) is 0 Å². The third-order valence-electron chi connectivity index (χ3n) is 4.66. The molecule has 1 aliphatic carbocycles. The van der Waals surface area contributed by atoms with Gasteiger partial charge in [0.15, 0.2) is 11.8 Å². The molecule has 1 aromatic heterocycles. The fourth-order valence-corrected chi connectivity index (χ4v) is 3.17. The van der Waals surface area contributed by atoms with Crippen LogP contribution in [0.3, 0.4) is 0 Å².